The van der Waals surface area contributed by atoms with Gasteiger partial charge >= 0.3 is 12.0 Å². The van der Waals surface area contributed by atoms with Gasteiger partial charge in [0.2, 0.25) is 11.9 Å². The molecular formula is C17H22N6O3. The maximum absolute atomic E-state index is 11.0. The zero-order valence-corrected chi connectivity index (χ0v) is 15.1. The number of carbonyl (C=O) groups is 1. The second-order valence-corrected chi connectivity index (χ2v) is 5.96. The standard InChI is InChI=1S/C17H22N6O3/c1-11(24)18-9-12-6-7-13(19-10-12)14-5-4-8-23(14)15-20-16(25-2)22-17(21-15)26-3/h6-7,10,14H,4-5,8-9H2,1-3H3,(H,18,24)/t14-/m1/s1. The van der Waals surface area contributed by atoms with Gasteiger partial charge in [-0.1, -0.05) is 6.07 Å². The molecule has 0 saturated carbocycles. The molecule has 1 N–H and O–H groups in total. The summed E-state index contributed by atoms with van der Waals surface area (Å²) in [7, 11) is 3.02. The summed E-state index contributed by atoms with van der Waals surface area (Å²) in [6.45, 7) is 2.78. The highest BCUT2D eigenvalue weighted by Crippen LogP contribution is 2.34. The van der Waals surface area contributed by atoms with Crippen molar-refractivity contribution < 1.29 is 14.3 Å². The van der Waals surface area contributed by atoms with Crippen LogP contribution < -0.4 is 19.7 Å². The number of pyridine rings is 1. The third-order valence-corrected chi connectivity index (χ3v) is 4.19. The van der Waals surface area contributed by atoms with Crippen LogP contribution in [-0.4, -0.2) is 46.6 Å². The molecule has 0 spiro atoms. The van der Waals surface area contributed by atoms with E-state index in [0.717, 1.165) is 30.6 Å². The van der Waals surface area contributed by atoms with Gasteiger partial charge in [0.1, 0.15) is 0 Å². The van der Waals surface area contributed by atoms with E-state index in [0.29, 0.717) is 12.5 Å². The number of ether oxygens (including phenoxy) is 2. The van der Waals surface area contributed by atoms with Gasteiger partial charge in [-0.05, 0) is 24.5 Å². The molecule has 1 atom stereocenters. The van der Waals surface area contributed by atoms with Gasteiger partial charge in [0, 0.05) is 26.2 Å². The van der Waals surface area contributed by atoms with Gasteiger partial charge in [0.05, 0.1) is 26.0 Å². The van der Waals surface area contributed by atoms with Crippen molar-refractivity contribution in [1.82, 2.24) is 25.3 Å². The lowest BCUT2D eigenvalue weighted by Gasteiger charge is -2.24. The lowest BCUT2D eigenvalue weighted by molar-refractivity contribution is -0.119. The van der Waals surface area contributed by atoms with Gasteiger partial charge in [-0.2, -0.15) is 9.97 Å². The third kappa shape index (κ3) is 3.98. The fourth-order valence-electron chi connectivity index (χ4n) is 2.92. The van der Waals surface area contributed by atoms with E-state index in [-0.39, 0.29) is 24.0 Å². The van der Waals surface area contributed by atoms with Crippen molar-refractivity contribution in [3.8, 4) is 12.0 Å². The van der Waals surface area contributed by atoms with Crippen LogP contribution in [-0.2, 0) is 11.3 Å². The molecule has 1 aliphatic rings. The maximum atomic E-state index is 11.0. The van der Waals surface area contributed by atoms with Gasteiger partial charge in [-0.15, -0.1) is 4.98 Å². The second kappa shape index (κ2) is 7.94. The van der Waals surface area contributed by atoms with Crippen LogP contribution in [0.15, 0.2) is 18.3 Å². The fourth-order valence-corrected chi connectivity index (χ4v) is 2.92. The quantitative estimate of drug-likeness (QED) is 0.823. The minimum Gasteiger partial charge on any atom is -0.467 e. The molecule has 1 saturated heterocycles. The minimum atomic E-state index is -0.0613. The lowest BCUT2D eigenvalue weighted by Crippen LogP contribution is -2.26. The molecule has 1 fully saturated rings. The van der Waals surface area contributed by atoms with E-state index in [1.807, 2.05) is 12.1 Å². The Morgan fingerprint density at radius 2 is 1.96 bits per heavy atom. The number of nitrogens with one attached hydrogen (secondary N) is 1. The number of carbonyl (C=O) groups excluding carboxylic acids is 1. The van der Waals surface area contributed by atoms with Gasteiger partial charge in [0.15, 0.2) is 0 Å². The van der Waals surface area contributed by atoms with Gasteiger partial charge in [0.25, 0.3) is 0 Å². The molecule has 2 aromatic heterocycles. The van der Waals surface area contributed by atoms with Gasteiger partial charge in [-0.3, -0.25) is 9.78 Å². The second-order valence-electron chi connectivity index (χ2n) is 5.96. The largest absolute Gasteiger partial charge is 0.467 e. The Morgan fingerprint density at radius 3 is 2.54 bits per heavy atom. The number of aromatic nitrogens is 4. The number of amides is 1. The average molecular weight is 358 g/mol. The highest BCUT2D eigenvalue weighted by molar-refractivity contribution is 5.72. The summed E-state index contributed by atoms with van der Waals surface area (Å²) in [6, 6.07) is 4.47. The molecule has 9 nitrogen and oxygen atoms in total. The SMILES string of the molecule is COc1nc(OC)nc(N2CCC[C@@H]2c2ccc(CNC(C)=O)cn2)n1. The van der Waals surface area contributed by atoms with Crippen molar-refractivity contribution in [2.75, 3.05) is 25.7 Å². The molecule has 1 amide bonds. The molecule has 3 heterocycles. The molecule has 9 heteroatoms. The molecule has 3 rings (SSSR count). The number of hydrogen-bond acceptors (Lipinski definition) is 8. The third-order valence-electron chi connectivity index (χ3n) is 4.19. The molecule has 1 aliphatic heterocycles. The van der Waals surface area contributed by atoms with E-state index in [1.165, 1.54) is 21.1 Å². The van der Waals surface area contributed by atoms with Crippen LogP contribution in [0.2, 0.25) is 0 Å². The van der Waals surface area contributed by atoms with Crippen molar-refractivity contribution >= 4 is 11.9 Å². The first-order valence-electron chi connectivity index (χ1n) is 8.40. The molecule has 2 aromatic rings. The molecule has 26 heavy (non-hydrogen) atoms. The number of anilines is 1. The Morgan fingerprint density at radius 1 is 1.23 bits per heavy atom. The van der Waals surface area contributed by atoms with E-state index in [1.54, 1.807) is 6.20 Å². The number of nitrogens with zero attached hydrogens (tertiary/aromatic N) is 5. The van der Waals surface area contributed by atoms with Crippen molar-refractivity contribution in [2.45, 2.75) is 32.4 Å². The zero-order valence-electron chi connectivity index (χ0n) is 15.1. The smallest absolute Gasteiger partial charge is 0.324 e. The summed E-state index contributed by atoms with van der Waals surface area (Å²) in [6.07, 6.45) is 3.75. The van der Waals surface area contributed by atoms with Crippen molar-refractivity contribution in [1.29, 1.82) is 0 Å². The van der Waals surface area contributed by atoms with Crippen LogP contribution in [0.5, 0.6) is 12.0 Å². The Balaban J connectivity index is 1.81. The van der Waals surface area contributed by atoms with Crippen LogP contribution in [0.4, 0.5) is 5.95 Å². The van der Waals surface area contributed by atoms with E-state index in [4.69, 9.17) is 9.47 Å². The summed E-state index contributed by atoms with van der Waals surface area (Å²) >= 11 is 0. The topological polar surface area (TPSA) is 102 Å². The number of rotatable bonds is 6. The lowest BCUT2D eigenvalue weighted by atomic mass is 10.1. The van der Waals surface area contributed by atoms with Crippen molar-refractivity contribution in [3.63, 3.8) is 0 Å². The maximum Gasteiger partial charge on any atom is 0.324 e. The summed E-state index contributed by atoms with van der Waals surface area (Å²) in [5.74, 6) is 0.453. The minimum absolute atomic E-state index is 0.0613. The van der Waals surface area contributed by atoms with Crippen LogP contribution >= 0.6 is 0 Å². The highest BCUT2D eigenvalue weighted by atomic mass is 16.5. The molecule has 0 aliphatic carbocycles. The summed E-state index contributed by atoms with van der Waals surface area (Å²) in [4.78, 5) is 30.4. The zero-order chi connectivity index (χ0) is 18.5. The molecule has 0 unspecified atom stereocenters. The molecule has 138 valence electrons. The Kier molecular flexibility index (Phi) is 5.45. The fraction of sp³-hybridized carbons (Fsp3) is 0.471. The first-order valence-corrected chi connectivity index (χ1v) is 8.40. The van der Waals surface area contributed by atoms with Crippen LogP contribution in [0, 0.1) is 0 Å². The van der Waals surface area contributed by atoms with Gasteiger partial charge < -0.3 is 19.7 Å². The first-order chi connectivity index (χ1) is 12.6. The predicted molar refractivity (Wildman–Crippen MR) is 94.0 cm³/mol. The monoisotopic (exact) mass is 358 g/mol. The Hall–Kier alpha value is -2.97. The predicted octanol–water partition coefficient (Wildman–Crippen LogP) is 1.26. The van der Waals surface area contributed by atoms with Crippen LogP contribution in [0.1, 0.15) is 37.1 Å². The highest BCUT2D eigenvalue weighted by Gasteiger charge is 2.30. The molecule has 0 bridgehead atoms. The molecule has 0 radical (unpaired) electrons. The Labute approximate surface area is 151 Å². The van der Waals surface area contributed by atoms with E-state index >= 15 is 0 Å². The van der Waals surface area contributed by atoms with Crippen molar-refractivity contribution in [3.05, 3.63) is 29.6 Å². The van der Waals surface area contributed by atoms with Crippen LogP contribution in [0.25, 0.3) is 0 Å². The normalized spacial score (nSPS) is 16.4. The number of methoxy groups -OCH3 is 2. The molecule has 0 aromatic carbocycles. The van der Waals surface area contributed by atoms with Gasteiger partial charge in [-0.25, -0.2) is 0 Å². The summed E-state index contributed by atoms with van der Waals surface area (Å²) in [5, 5.41) is 2.77. The van der Waals surface area contributed by atoms with E-state index in [9.17, 15) is 4.79 Å². The first kappa shape index (κ1) is 17.8. The Bertz CT molecular complexity index is 745. The number of hydrogen-bond donors (Lipinski definition) is 1. The summed E-state index contributed by atoms with van der Waals surface area (Å²) in [5.41, 5.74) is 1.89. The van der Waals surface area contributed by atoms with E-state index in [2.05, 4.69) is 30.2 Å². The van der Waals surface area contributed by atoms with Crippen LogP contribution in [0.3, 0.4) is 0 Å². The summed E-state index contributed by atoms with van der Waals surface area (Å²) < 4.78 is 10.3. The van der Waals surface area contributed by atoms with Crippen molar-refractivity contribution in [2.24, 2.45) is 0 Å². The molecular weight excluding hydrogens is 336 g/mol. The van der Waals surface area contributed by atoms with E-state index < -0.39 is 0 Å². The average Bonchev–Trinajstić information content (AvgIpc) is 3.16.